The number of hydrogen-bond donors (Lipinski definition) is 0. The van der Waals surface area contributed by atoms with Gasteiger partial charge in [-0.3, -0.25) is 0 Å². The second kappa shape index (κ2) is 6.10. The molecule has 0 N–H and O–H groups in total. The summed E-state index contributed by atoms with van der Waals surface area (Å²) in [5.41, 5.74) is 0. The molecule has 5 radical (unpaired) electrons. The van der Waals surface area contributed by atoms with E-state index >= 15 is 0 Å². The minimum absolute atomic E-state index is 1.29. The zero-order valence-electron chi connectivity index (χ0n) is 3.78. The van der Waals surface area contributed by atoms with Crippen LogP contribution >= 0.6 is 0 Å². The normalized spacial score (nSPS) is 9.00. The molecule has 0 aromatic rings. The van der Waals surface area contributed by atoms with Crippen LogP contribution in [0.2, 0.25) is 10.5 Å². The summed E-state index contributed by atoms with van der Waals surface area (Å²) in [6.45, 7) is 0. The fraction of sp³-hybridized carbons (Fsp3) is 1.00. The summed E-state index contributed by atoms with van der Waals surface area (Å²) in [5.74, 6) is 0. The van der Waals surface area contributed by atoms with Gasteiger partial charge in [0.25, 0.3) is 0 Å². The molecule has 0 unspecified atom stereocenters. The monoisotopic (exact) mass is 205 g/mol. The molecule has 0 aliphatic heterocycles. The third kappa shape index (κ3) is 5.10. The molecule has 0 amide bonds. The van der Waals surface area contributed by atoms with Gasteiger partial charge in [0.15, 0.2) is 0 Å². The summed E-state index contributed by atoms with van der Waals surface area (Å²) in [4.78, 5) is 0. The quantitative estimate of drug-likeness (QED) is 0.473. The van der Waals surface area contributed by atoms with Gasteiger partial charge in [-0.05, 0) is 0 Å². The molecule has 0 saturated heterocycles. The van der Waals surface area contributed by atoms with E-state index in [0.29, 0.717) is 0 Å². The van der Waals surface area contributed by atoms with E-state index in [4.69, 9.17) is 0 Å². The third-order valence-corrected chi connectivity index (χ3v) is 1.99. The zero-order valence-corrected chi connectivity index (χ0v) is 7.75. The SMILES string of the molecule is [Ge][CH2]CCC[As]. The van der Waals surface area contributed by atoms with Crippen LogP contribution in [0, 0.1) is 0 Å². The standard InChI is InChI=1S/C4H8AsGe/c5-3-1-2-4-6/h1-4H2. The Hall–Kier alpha value is 1.10. The molecule has 0 saturated carbocycles. The number of hydrogen-bond acceptors (Lipinski definition) is 0. The van der Waals surface area contributed by atoms with Crippen LogP contribution in [0.4, 0.5) is 0 Å². The van der Waals surface area contributed by atoms with Crippen molar-refractivity contribution >= 4 is 33.4 Å². The van der Waals surface area contributed by atoms with Crippen molar-refractivity contribution in [2.75, 3.05) is 0 Å². The maximum absolute atomic E-state index is 2.60. The van der Waals surface area contributed by atoms with Crippen LogP contribution in [-0.4, -0.2) is 33.4 Å². The molecule has 0 aliphatic rings. The van der Waals surface area contributed by atoms with Gasteiger partial charge in [0, 0.05) is 0 Å². The van der Waals surface area contributed by atoms with Crippen molar-refractivity contribution in [1.29, 1.82) is 0 Å². The maximum atomic E-state index is 2.60. The second-order valence-electron chi connectivity index (χ2n) is 1.18. The van der Waals surface area contributed by atoms with Gasteiger partial charge in [-0.15, -0.1) is 0 Å². The summed E-state index contributed by atoms with van der Waals surface area (Å²) >= 11 is 4.83. The van der Waals surface area contributed by atoms with Crippen molar-refractivity contribution in [2.45, 2.75) is 23.3 Å². The average molecular weight is 204 g/mol. The van der Waals surface area contributed by atoms with Gasteiger partial charge in [-0.1, -0.05) is 0 Å². The van der Waals surface area contributed by atoms with Crippen molar-refractivity contribution in [2.24, 2.45) is 0 Å². The summed E-state index contributed by atoms with van der Waals surface area (Å²) in [6.07, 6.45) is 2.78. The van der Waals surface area contributed by atoms with Crippen molar-refractivity contribution < 1.29 is 0 Å². The van der Waals surface area contributed by atoms with Crippen LogP contribution in [0.3, 0.4) is 0 Å². The Morgan fingerprint density at radius 1 is 1.33 bits per heavy atom. The van der Waals surface area contributed by atoms with E-state index in [1.54, 1.807) is 0 Å². The summed E-state index contributed by atoms with van der Waals surface area (Å²) in [7, 11) is 0. The van der Waals surface area contributed by atoms with E-state index < -0.39 is 0 Å². The zero-order chi connectivity index (χ0) is 4.83. The topological polar surface area (TPSA) is 0 Å². The first kappa shape index (κ1) is 7.10. The molecule has 0 aromatic carbocycles. The molecule has 0 aliphatic carbocycles. The van der Waals surface area contributed by atoms with Gasteiger partial charge in [0.05, 0.1) is 0 Å². The van der Waals surface area contributed by atoms with Crippen LogP contribution in [0.1, 0.15) is 12.8 Å². The molecular formula is C4H8AsGe. The molecule has 0 fully saturated rings. The van der Waals surface area contributed by atoms with E-state index in [1.807, 2.05) is 0 Å². The average Bonchev–Trinajstić information content (AvgIpc) is 1.61. The van der Waals surface area contributed by atoms with E-state index in [-0.39, 0.29) is 0 Å². The fourth-order valence-corrected chi connectivity index (χ4v) is 1.23. The fourth-order valence-electron chi connectivity index (χ4n) is 0.237. The van der Waals surface area contributed by atoms with E-state index in [9.17, 15) is 0 Å². The van der Waals surface area contributed by atoms with Crippen molar-refractivity contribution in [3.8, 4) is 0 Å². The van der Waals surface area contributed by atoms with Gasteiger partial charge in [-0.2, -0.15) is 0 Å². The molecule has 0 bridgehead atoms. The van der Waals surface area contributed by atoms with Crippen molar-refractivity contribution in [1.82, 2.24) is 0 Å². The van der Waals surface area contributed by atoms with Gasteiger partial charge in [0.2, 0.25) is 0 Å². The van der Waals surface area contributed by atoms with Gasteiger partial charge in [0.1, 0.15) is 0 Å². The first-order valence-electron chi connectivity index (χ1n) is 2.17. The number of rotatable bonds is 3. The summed E-state index contributed by atoms with van der Waals surface area (Å²) < 4.78 is 0. The molecule has 0 atom stereocenters. The molecular weight excluding hydrogens is 196 g/mol. The van der Waals surface area contributed by atoms with Crippen molar-refractivity contribution in [3.05, 3.63) is 0 Å². The van der Waals surface area contributed by atoms with Crippen LogP contribution in [-0.2, 0) is 0 Å². The summed E-state index contributed by atoms with van der Waals surface area (Å²) in [6, 6.07) is 0. The Balaban J connectivity index is 2.34. The molecule has 0 aromatic heterocycles. The van der Waals surface area contributed by atoms with Gasteiger partial charge in [-0.25, -0.2) is 0 Å². The molecule has 0 nitrogen and oxygen atoms in total. The Labute approximate surface area is 56.8 Å². The molecule has 0 spiro atoms. The number of unbranched alkanes of at least 4 members (excludes halogenated alkanes) is 1. The Kier molecular flexibility index (Phi) is 7.22. The third-order valence-electron chi connectivity index (χ3n) is 0.585. The van der Waals surface area contributed by atoms with Crippen LogP contribution < -0.4 is 0 Å². The second-order valence-corrected chi connectivity index (χ2v) is 3.17. The van der Waals surface area contributed by atoms with E-state index in [2.05, 4.69) is 33.4 Å². The predicted molar refractivity (Wildman–Crippen MR) is 30.4 cm³/mol. The van der Waals surface area contributed by atoms with E-state index in [1.165, 1.54) is 23.3 Å². The first-order valence-corrected chi connectivity index (χ1v) is 4.98. The Bertz CT molecular complexity index is 19.5. The Morgan fingerprint density at radius 2 is 2.00 bits per heavy atom. The molecule has 0 heterocycles. The minimum atomic E-state index is 1.29. The summed E-state index contributed by atoms with van der Waals surface area (Å²) in [5, 5.41) is 2.64. The predicted octanol–water partition coefficient (Wildman–Crippen LogP) is 0.940. The Morgan fingerprint density at radius 3 is 2.17 bits per heavy atom. The van der Waals surface area contributed by atoms with Gasteiger partial charge >= 0.3 is 56.7 Å². The molecule has 2 heteroatoms. The van der Waals surface area contributed by atoms with Gasteiger partial charge < -0.3 is 0 Å². The molecule has 33 valence electrons. The van der Waals surface area contributed by atoms with Crippen LogP contribution in [0.5, 0.6) is 0 Å². The van der Waals surface area contributed by atoms with E-state index in [0.717, 1.165) is 0 Å². The van der Waals surface area contributed by atoms with Crippen LogP contribution in [0.25, 0.3) is 0 Å². The van der Waals surface area contributed by atoms with Crippen LogP contribution in [0.15, 0.2) is 0 Å². The molecule has 6 heavy (non-hydrogen) atoms. The van der Waals surface area contributed by atoms with Crippen molar-refractivity contribution in [3.63, 3.8) is 0 Å². The first-order chi connectivity index (χ1) is 2.91. The molecule has 0 rings (SSSR count).